The van der Waals surface area contributed by atoms with E-state index in [1.54, 1.807) is 0 Å². The van der Waals surface area contributed by atoms with Gasteiger partial charge in [0.25, 0.3) is 0 Å². The van der Waals surface area contributed by atoms with Gasteiger partial charge in [-0.3, -0.25) is 4.98 Å². The molecule has 18 heavy (non-hydrogen) atoms. The van der Waals surface area contributed by atoms with Crippen molar-refractivity contribution in [2.24, 2.45) is 0 Å². The Labute approximate surface area is 107 Å². The maximum Gasteiger partial charge on any atom is 0.0724 e. The molecule has 0 amide bonds. The quantitative estimate of drug-likeness (QED) is 0.745. The summed E-state index contributed by atoms with van der Waals surface area (Å²) in [4.78, 5) is 6.91. The fourth-order valence-electron chi connectivity index (χ4n) is 2.60. The highest BCUT2D eigenvalue weighted by molar-refractivity contribution is 5.95. The molecule has 0 spiro atoms. The molecule has 1 fully saturated rings. The Bertz CT molecular complexity index is 568. The first-order valence-electron chi connectivity index (χ1n) is 6.36. The van der Waals surface area contributed by atoms with Crippen LogP contribution in [0.25, 0.3) is 10.9 Å². The fourth-order valence-corrected chi connectivity index (χ4v) is 2.60. The molecule has 1 aromatic heterocycles. The van der Waals surface area contributed by atoms with Crippen LogP contribution in [0.5, 0.6) is 0 Å². The molecule has 0 aliphatic carbocycles. The van der Waals surface area contributed by atoms with Crippen LogP contribution in [0.4, 0.5) is 11.4 Å². The minimum Gasteiger partial charge on any atom is -0.399 e. The van der Waals surface area contributed by atoms with E-state index in [9.17, 15) is 0 Å². The Balaban J connectivity index is 2.18. The lowest BCUT2D eigenvalue weighted by atomic mass is 10.1. The first-order valence-corrected chi connectivity index (χ1v) is 6.36. The standard InChI is InChI=1S/C14H18N4/c1-10-9-17-13-3-2-11(15)8-12(13)14(10)18-6-4-16-5-7-18/h2-3,8-9,16H,4-7,15H2,1H3. The Morgan fingerprint density at radius 1 is 1.28 bits per heavy atom. The number of pyridine rings is 1. The summed E-state index contributed by atoms with van der Waals surface area (Å²) in [6, 6.07) is 5.94. The molecule has 0 radical (unpaired) electrons. The van der Waals surface area contributed by atoms with Gasteiger partial charge in [0.1, 0.15) is 0 Å². The maximum absolute atomic E-state index is 5.91. The molecule has 0 saturated carbocycles. The number of piperazine rings is 1. The van der Waals surface area contributed by atoms with Gasteiger partial charge in [0.2, 0.25) is 0 Å². The summed E-state index contributed by atoms with van der Waals surface area (Å²) in [5.74, 6) is 0. The molecule has 1 aromatic carbocycles. The first-order chi connectivity index (χ1) is 8.75. The van der Waals surface area contributed by atoms with E-state index >= 15 is 0 Å². The Morgan fingerprint density at radius 3 is 2.83 bits per heavy atom. The second kappa shape index (κ2) is 4.46. The molecule has 4 nitrogen and oxygen atoms in total. The van der Waals surface area contributed by atoms with E-state index < -0.39 is 0 Å². The van der Waals surface area contributed by atoms with Gasteiger partial charge in [-0.1, -0.05) is 0 Å². The maximum atomic E-state index is 5.91. The Morgan fingerprint density at radius 2 is 2.06 bits per heavy atom. The molecule has 0 unspecified atom stereocenters. The molecular formula is C14H18N4. The number of aryl methyl sites for hydroxylation is 1. The number of nitrogens with one attached hydrogen (secondary N) is 1. The number of anilines is 2. The highest BCUT2D eigenvalue weighted by atomic mass is 15.2. The molecule has 4 heteroatoms. The summed E-state index contributed by atoms with van der Waals surface area (Å²) in [6.45, 7) is 6.26. The zero-order valence-corrected chi connectivity index (χ0v) is 10.6. The lowest BCUT2D eigenvalue weighted by Crippen LogP contribution is -2.43. The van der Waals surface area contributed by atoms with Gasteiger partial charge in [0.05, 0.1) is 11.2 Å². The van der Waals surface area contributed by atoms with Crippen molar-refractivity contribution in [3.8, 4) is 0 Å². The smallest absolute Gasteiger partial charge is 0.0724 e. The number of hydrogen-bond donors (Lipinski definition) is 2. The van der Waals surface area contributed by atoms with Gasteiger partial charge in [0, 0.05) is 43.4 Å². The van der Waals surface area contributed by atoms with E-state index in [2.05, 4.69) is 22.1 Å². The minimum atomic E-state index is 0.797. The third-order valence-electron chi connectivity index (χ3n) is 3.48. The highest BCUT2D eigenvalue weighted by Crippen LogP contribution is 2.30. The van der Waals surface area contributed by atoms with Gasteiger partial charge < -0.3 is 16.0 Å². The van der Waals surface area contributed by atoms with Crippen molar-refractivity contribution < 1.29 is 0 Å². The molecule has 0 bridgehead atoms. The highest BCUT2D eigenvalue weighted by Gasteiger charge is 2.16. The minimum absolute atomic E-state index is 0.797. The van der Waals surface area contributed by atoms with E-state index in [4.69, 9.17) is 5.73 Å². The van der Waals surface area contributed by atoms with E-state index in [0.717, 1.165) is 42.8 Å². The van der Waals surface area contributed by atoms with Crippen LogP contribution < -0.4 is 16.0 Å². The summed E-state index contributed by atoms with van der Waals surface area (Å²) in [5, 5.41) is 4.55. The zero-order chi connectivity index (χ0) is 12.5. The number of benzene rings is 1. The van der Waals surface area contributed by atoms with Crippen LogP contribution in [0.3, 0.4) is 0 Å². The summed E-state index contributed by atoms with van der Waals surface area (Å²) >= 11 is 0. The number of hydrogen-bond acceptors (Lipinski definition) is 4. The number of nitrogens with zero attached hydrogens (tertiary/aromatic N) is 2. The summed E-state index contributed by atoms with van der Waals surface area (Å²) in [5.41, 5.74) is 10.2. The van der Waals surface area contributed by atoms with Crippen molar-refractivity contribution in [2.75, 3.05) is 36.8 Å². The van der Waals surface area contributed by atoms with Crippen molar-refractivity contribution in [1.82, 2.24) is 10.3 Å². The lowest BCUT2D eigenvalue weighted by molar-refractivity contribution is 0.589. The number of rotatable bonds is 1. The van der Waals surface area contributed by atoms with Gasteiger partial charge in [-0.2, -0.15) is 0 Å². The monoisotopic (exact) mass is 242 g/mol. The first kappa shape index (κ1) is 11.3. The van der Waals surface area contributed by atoms with Crippen LogP contribution in [0.15, 0.2) is 24.4 Å². The van der Waals surface area contributed by atoms with Crippen LogP contribution >= 0.6 is 0 Å². The predicted octanol–water partition coefficient (Wildman–Crippen LogP) is 1.54. The predicted molar refractivity (Wildman–Crippen MR) is 76.0 cm³/mol. The van der Waals surface area contributed by atoms with E-state index in [1.807, 2.05) is 24.4 Å². The van der Waals surface area contributed by atoms with E-state index in [0.29, 0.717) is 0 Å². The van der Waals surface area contributed by atoms with Crippen molar-refractivity contribution >= 4 is 22.3 Å². The summed E-state index contributed by atoms with van der Waals surface area (Å²) < 4.78 is 0. The van der Waals surface area contributed by atoms with Gasteiger partial charge in [-0.05, 0) is 30.7 Å². The molecule has 3 N–H and O–H groups in total. The number of aromatic nitrogens is 1. The molecular weight excluding hydrogens is 224 g/mol. The topological polar surface area (TPSA) is 54.2 Å². The SMILES string of the molecule is Cc1cnc2ccc(N)cc2c1N1CCNCC1. The third-order valence-corrected chi connectivity index (χ3v) is 3.48. The van der Waals surface area contributed by atoms with Gasteiger partial charge in [0.15, 0.2) is 0 Å². The number of nitrogen functional groups attached to an aromatic ring is 1. The summed E-state index contributed by atoms with van der Waals surface area (Å²) in [6.07, 6.45) is 1.95. The molecule has 1 aliphatic heterocycles. The Kier molecular flexibility index (Phi) is 2.80. The van der Waals surface area contributed by atoms with Crippen LogP contribution in [0.2, 0.25) is 0 Å². The lowest BCUT2D eigenvalue weighted by Gasteiger charge is -2.31. The molecule has 3 rings (SSSR count). The van der Waals surface area contributed by atoms with Gasteiger partial charge in [-0.25, -0.2) is 0 Å². The van der Waals surface area contributed by atoms with Crippen molar-refractivity contribution in [3.63, 3.8) is 0 Å². The van der Waals surface area contributed by atoms with Crippen molar-refractivity contribution in [2.45, 2.75) is 6.92 Å². The zero-order valence-electron chi connectivity index (χ0n) is 10.6. The van der Waals surface area contributed by atoms with Crippen LogP contribution in [-0.4, -0.2) is 31.2 Å². The Hall–Kier alpha value is -1.81. The molecule has 0 atom stereocenters. The van der Waals surface area contributed by atoms with Gasteiger partial charge >= 0.3 is 0 Å². The molecule has 94 valence electrons. The largest absolute Gasteiger partial charge is 0.399 e. The number of fused-ring (bicyclic) bond motifs is 1. The van der Waals surface area contributed by atoms with E-state index in [-0.39, 0.29) is 0 Å². The van der Waals surface area contributed by atoms with Crippen molar-refractivity contribution in [3.05, 3.63) is 30.0 Å². The third kappa shape index (κ3) is 1.88. The second-order valence-corrected chi connectivity index (χ2v) is 4.80. The fraction of sp³-hybridized carbons (Fsp3) is 0.357. The van der Waals surface area contributed by atoms with Crippen molar-refractivity contribution in [1.29, 1.82) is 0 Å². The second-order valence-electron chi connectivity index (χ2n) is 4.80. The van der Waals surface area contributed by atoms with Crippen LogP contribution in [0.1, 0.15) is 5.56 Å². The van der Waals surface area contributed by atoms with Crippen LogP contribution in [-0.2, 0) is 0 Å². The molecule has 2 heterocycles. The normalized spacial score (nSPS) is 16.2. The average Bonchev–Trinajstić information content (AvgIpc) is 2.39. The van der Waals surface area contributed by atoms with Gasteiger partial charge in [-0.15, -0.1) is 0 Å². The molecule has 1 aliphatic rings. The summed E-state index contributed by atoms with van der Waals surface area (Å²) in [7, 11) is 0. The van der Waals surface area contributed by atoms with E-state index in [1.165, 1.54) is 11.3 Å². The average molecular weight is 242 g/mol. The molecule has 1 saturated heterocycles. The molecule has 2 aromatic rings. The number of nitrogens with two attached hydrogens (primary N) is 1. The van der Waals surface area contributed by atoms with Crippen LogP contribution in [0, 0.1) is 6.92 Å².